The first kappa shape index (κ1) is 22.0. The van der Waals surface area contributed by atoms with E-state index < -0.39 is 0 Å². The number of ether oxygens (including phenoxy) is 4. The summed E-state index contributed by atoms with van der Waals surface area (Å²) in [6, 6.07) is 6.07. The molecule has 0 unspecified atom stereocenters. The zero-order valence-electron chi connectivity index (χ0n) is 16.1. The lowest BCUT2D eigenvalue weighted by molar-refractivity contribution is -0.0828. The Labute approximate surface area is 178 Å². The molecular weight excluding hydrogens is 461 g/mol. The molecule has 3 rings (SSSR count). The molecule has 2 aliphatic rings. The lowest BCUT2D eigenvalue weighted by Gasteiger charge is -2.34. The van der Waals surface area contributed by atoms with Gasteiger partial charge in [0.05, 0.1) is 12.1 Å². The van der Waals surface area contributed by atoms with E-state index in [4.69, 9.17) is 23.9 Å². The van der Waals surface area contributed by atoms with Crippen molar-refractivity contribution in [2.75, 3.05) is 46.8 Å². The summed E-state index contributed by atoms with van der Waals surface area (Å²) in [6.45, 7) is 6.07. The lowest BCUT2D eigenvalue weighted by Crippen LogP contribution is -2.44. The number of benzene rings is 1. The summed E-state index contributed by atoms with van der Waals surface area (Å²) >= 11 is 0. The summed E-state index contributed by atoms with van der Waals surface area (Å²) < 4.78 is 22.0. The summed E-state index contributed by atoms with van der Waals surface area (Å²) in [5, 5.41) is 6.70. The van der Waals surface area contributed by atoms with Crippen LogP contribution in [0.25, 0.3) is 0 Å². The Bertz CT molecular complexity index is 621. The standard InChI is InChI=1S/C19H29N3O4.HI/c1-3-20-18(22-13-19(23-2)7-10-24-11-8-19)21-9-6-15-4-5-16-17(12-15)26-14-25-16;/h4-5,12H,3,6-11,13-14H2,1-2H3,(H2,20,21,22);1H. The van der Waals surface area contributed by atoms with E-state index in [1.54, 1.807) is 7.11 Å². The molecule has 7 nitrogen and oxygen atoms in total. The molecule has 1 aromatic carbocycles. The maximum absolute atomic E-state index is 5.76. The summed E-state index contributed by atoms with van der Waals surface area (Å²) in [6.07, 6.45) is 2.64. The maximum atomic E-state index is 5.76. The van der Waals surface area contributed by atoms with Crippen molar-refractivity contribution in [2.45, 2.75) is 31.8 Å². The number of hydrogen-bond acceptors (Lipinski definition) is 5. The van der Waals surface area contributed by atoms with Crippen LogP contribution in [0.3, 0.4) is 0 Å². The first-order chi connectivity index (χ1) is 12.7. The number of fused-ring (bicyclic) bond motifs is 1. The van der Waals surface area contributed by atoms with Crippen LogP contribution in [0.1, 0.15) is 25.3 Å². The van der Waals surface area contributed by atoms with Crippen LogP contribution in [-0.4, -0.2) is 58.3 Å². The highest BCUT2D eigenvalue weighted by Gasteiger charge is 2.32. The van der Waals surface area contributed by atoms with Gasteiger partial charge >= 0.3 is 0 Å². The molecule has 2 N–H and O–H groups in total. The highest BCUT2D eigenvalue weighted by molar-refractivity contribution is 14.0. The van der Waals surface area contributed by atoms with E-state index in [-0.39, 0.29) is 29.6 Å². The van der Waals surface area contributed by atoms with Crippen molar-refractivity contribution in [1.82, 2.24) is 10.6 Å². The van der Waals surface area contributed by atoms with Crippen LogP contribution in [0.5, 0.6) is 11.5 Å². The fourth-order valence-electron chi connectivity index (χ4n) is 3.16. The van der Waals surface area contributed by atoms with Crippen molar-refractivity contribution in [3.63, 3.8) is 0 Å². The van der Waals surface area contributed by atoms with Crippen molar-refractivity contribution in [3.05, 3.63) is 23.8 Å². The number of aliphatic imine (C=N–C) groups is 1. The van der Waals surface area contributed by atoms with Crippen LogP contribution >= 0.6 is 24.0 Å². The molecule has 2 aliphatic heterocycles. The smallest absolute Gasteiger partial charge is 0.231 e. The number of halogens is 1. The average molecular weight is 491 g/mol. The second-order valence-electron chi connectivity index (χ2n) is 6.56. The Morgan fingerprint density at radius 1 is 1.19 bits per heavy atom. The summed E-state index contributed by atoms with van der Waals surface area (Å²) in [4.78, 5) is 4.74. The van der Waals surface area contributed by atoms with Gasteiger partial charge < -0.3 is 29.6 Å². The molecule has 0 aliphatic carbocycles. The Hall–Kier alpha value is -1.26. The van der Waals surface area contributed by atoms with Crippen molar-refractivity contribution < 1.29 is 18.9 Å². The summed E-state index contributed by atoms with van der Waals surface area (Å²) in [5.41, 5.74) is 0.994. The van der Waals surface area contributed by atoms with Crippen molar-refractivity contribution >= 4 is 29.9 Å². The largest absolute Gasteiger partial charge is 0.454 e. The van der Waals surface area contributed by atoms with Crippen LogP contribution in [0.4, 0.5) is 0 Å². The van der Waals surface area contributed by atoms with E-state index in [0.29, 0.717) is 13.3 Å². The van der Waals surface area contributed by atoms with E-state index >= 15 is 0 Å². The first-order valence-electron chi connectivity index (χ1n) is 9.28. The Kier molecular flexibility index (Phi) is 8.91. The second kappa shape index (κ2) is 10.9. The lowest BCUT2D eigenvalue weighted by atomic mass is 9.94. The molecule has 0 atom stereocenters. The SMILES string of the molecule is CCNC(=NCC1(OC)CCOCC1)NCCc1ccc2c(c1)OCO2.I. The molecule has 0 spiro atoms. The second-order valence-corrected chi connectivity index (χ2v) is 6.56. The molecule has 0 bridgehead atoms. The van der Waals surface area contributed by atoms with Crippen molar-refractivity contribution in [1.29, 1.82) is 0 Å². The minimum Gasteiger partial charge on any atom is -0.454 e. The molecule has 152 valence electrons. The topological polar surface area (TPSA) is 73.3 Å². The highest BCUT2D eigenvalue weighted by Crippen LogP contribution is 2.32. The molecule has 8 heteroatoms. The highest BCUT2D eigenvalue weighted by atomic mass is 127. The monoisotopic (exact) mass is 491 g/mol. The van der Waals surface area contributed by atoms with Gasteiger partial charge in [-0.25, -0.2) is 0 Å². The van der Waals surface area contributed by atoms with Crippen LogP contribution in [0, 0.1) is 0 Å². The van der Waals surface area contributed by atoms with Crippen LogP contribution in [-0.2, 0) is 15.9 Å². The minimum absolute atomic E-state index is 0. The van der Waals surface area contributed by atoms with Gasteiger partial charge in [-0.15, -0.1) is 24.0 Å². The Morgan fingerprint density at radius 3 is 2.70 bits per heavy atom. The van der Waals surface area contributed by atoms with Gasteiger partial charge in [0.2, 0.25) is 6.79 Å². The number of guanidine groups is 1. The van der Waals surface area contributed by atoms with E-state index in [0.717, 1.165) is 63.0 Å². The molecular formula is C19H30IN3O4. The Morgan fingerprint density at radius 2 is 1.96 bits per heavy atom. The molecule has 0 amide bonds. The zero-order chi connectivity index (χ0) is 18.2. The molecule has 1 saturated heterocycles. The van der Waals surface area contributed by atoms with Crippen LogP contribution in [0.2, 0.25) is 0 Å². The average Bonchev–Trinajstić information content (AvgIpc) is 3.15. The van der Waals surface area contributed by atoms with Gasteiger partial charge in [-0.2, -0.15) is 0 Å². The fourth-order valence-corrected chi connectivity index (χ4v) is 3.16. The van der Waals surface area contributed by atoms with Gasteiger partial charge in [0, 0.05) is 46.3 Å². The van der Waals surface area contributed by atoms with Crippen LogP contribution < -0.4 is 20.1 Å². The van der Waals surface area contributed by atoms with Gasteiger partial charge in [0.1, 0.15) is 0 Å². The van der Waals surface area contributed by atoms with Crippen molar-refractivity contribution in [2.24, 2.45) is 4.99 Å². The van der Waals surface area contributed by atoms with Gasteiger partial charge in [0.25, 0.3) is 0 Å². The van der Waals surface area contributed by atoms with Crippen LogP contribution in [0.15, 0.2) is 23.2 Å². The third-order valence-corrected chi connectivity index (χ3v) is 4.85. The van der Waals surface area contributed by atoms with Gasteiger partial charge in [0.15, 0.2) is 17.5 Å². The van der Waals surface area contributed by atoms with Gasteiger partial charge in [-0.1, -0.05) is 6.07 Å². The molecule has 2 heterocycles. The Balaban J connectivity index is 0.00000261. The molecule has 0 saturated carbocycles. The minimum atomic E-state index is -0.210. The first-order valence-corrected chi connectivity index (χ1v) is 9.28. The van der Waals surface area contributed by atoms with E-state index in [1.165, 1.54) is 5.56 Å². The molecule has 0 radical (unpaired) electrons. The predicted molar refractivity (Wildman–Crippen MR) is 115 cm³/mol. The molecule has 27 heavy (non-hydrogen) atoms. The summed E-state index contributed by atoms with van der Waals surface area (Å²) in [5.74, 6) is 2.46. The number of methoxy groups -OCH3 is 1. The van der Waals surface area contributed by atoms with E-state index in [2.05, 4.69) is 23.6 Å². The third-order valence-electron chi connectivity index (χ3n) is 4.85. The molecule has 0 aromatic heterocycles. The quantitative estimate of drug-likeness (QED) is 0.347. The number of nitrogens with zero attached hydrogens (tertiary/aromatic N) is 1. The van der Waals surface area contributed by atoms with E-state index in [9.17, 15) is 0 Å². The molecule has 1 fully saturated rings. The number of hydrogen-bond donors (Lipinski definition) is 2. The molecule has 1 aromatic rings. The van der Waals surface area contributed by atoms with Crippen molar-refractivity contribution in [3.8, 4) is 11.5 Å². The number of nitrogens with one attached hydrogen (secondary N) is 2. The maximum Gasteiger partial charge on any atom is 0.231 e. The fraction of sp³-hybridized carbons (Fsp3) is 0.632. The normalized spacial score (nSPS) is 17.9. The predicted octanol–water partition coefficient (Wildman–Crippen LogP) is 2.33. The van der Waals surface area contributed by atoms with E-state index in [1.807, 2.05) is 12.1 Å². The summed E-state index contributed by atoms with van der Waals surface area (Å²) in [7, 11) is 1.76. The van der Waals surface area contributed by atoms with Gasteiger partial charge in [-0.05, 0) is 31.0 Å². The zero-order valence-corrected chi connectivity index (χ0v) is 18.4. The third kappa shape index (κ3) is 6.11. The number of rotatable bonds is 7. The van der Waals surface area contributed by atoms with Gasteiger partial charge in [-0.3, -0.25) is 4.99 Å².